The van der Waals surface area contributed by atoms with Crippen LogP contribution in [0.4, 0.5) is 5.69 Å². The van der Waals surface area contributed by atoms with Crippen LogP contribution in [0.3, 0.4) is 0 Å². The number of fused-ring (bicyclic) bond motifs is 1. The third-order valence-corrected chi connectivity index (χ3v) is 6.83. The molecule has 2 aromatic carbocycles. The van der Waals surface area contributed by atoms with Gasteiger partial charge in [-0.1, -0.05) is 30.3 Å². The summed E-state index contributed by atoms with van der Waals surface area (Å²) in [6.45, 7) is -0.291. The summed E-state index contributed by atoms with van der Waals surface area (Å²) < 4.78 is 5.43. The molecule has 5 heteroatoms. The lowest BCUT2D eigenvalue weighted by Crippen LogP contribution is -2.58. The van der Waals surface area contributed by atoms with Crippen molar-refractivity contribution in [3.05, 3.63) is 42.5 Å². The Hall–Kier alpha value is -2.40. The number of aliphatic hydroxyl groups is 1. The van der Waals surface area contributed by atoms with Crippen LogP contribution in [0.25, 0.3) is 10.8 Å². The van der Waals surface area contributed by atoms with Gasteiger partial charge in [0.1, 0.15) is 0 Å². The molecule has 1 amide bonds. The monoisotopic (exact) mass is 379 g/mol. The summed E-state index contributed by atoms with van der Waals surface area (Å²) in [7, 11) is 0. The number of carbonyl (C=O) groups is 2. The molecule has 0 saturated heterocycles. The van der Waals surface area contributed by atoms with E-state index in [1.165, 1.54) is 0 Å². The fraction of sp³-hybridized carbons (Fsp3) is 0.478. The van der Waals surface area contributed by atoms with Crippen molar-refractivity contribution >= 4 is 28.3 Å². The van der Waals surface area contributed by atoms with E-state index in [9.17, 15) is 14.7 Å². The molecule has 4 aliphatic carbocycles. The maximum atomic E-state index is 12.9. The third-order valence-electron chi connectivity index (χ3n) is 6.83. The Labute approximate surface area is 164 Å². The van der Waals surface area contributed by atoms with Gasteiger partial charge in [-0.3, -0.25) is 9.59 Å². The molecule has 4 aliphatic rings. The van der Waals surface area contributed by atoms with Crippen LogP contribution in [0.5, 0.6) is 0 Å². The number of nitrogens with one attached hydrogen (secondary N) is 1. The third kappa shape index (κ3) is 3.08. The summed E-state index contributed by atoms with van der Waals surface area (Å²) in [6, 6.07) is 13.6. The highest BCUT2D eigenvalue weighted by atomic mass is 16.5. The maximum Gasteiger partial charge on any atom is 0.312 e. The molecule has 0 spiro atoms. The van der Waals surface area contributed by atoms with Crippen LogP contribution in [0.1, 0.15) is 38.5 Å². The van der Waals surface area contributed by atoms with Crippen LogP contribution in [0.2, 0.25) is 0 Å². The zero-order chi connectivity index (χ0) is 19.4. The van der Waals surface area contributed by atoms with Gasteiger partial charge in [-0.25, -0.2) is 0 Å². The first-order chi connectivity index (χ1) is 13.4. The number of benzene rings is 2. The molecule has 5 nitrogen and oxygen atoms in total. The van der Waals surface area contributed by atoms with Crippen molar-refractivity contribution in [2.75, 3.05) is 11.9 Å². The summed E-state index contributed by atoms with van der Waals surface area (Å²) in [5.74, 6) is 0.163. The smallest absolute Gasteiger partial charge is 0.312 e. The topological polar surface area (TPSA) is 75.6 Å². The average molecular weight is 379 g/mol. The quantitative estimate of drug-likeness (QED) is 0.795. The molecule has 2 N–H and O–H groups in total. The normalized spacial score (nSPS) is 33.0. The van der Waals surface area contributed by atoms with Crippen LogP contribution in [-0.2, 0) is 14.3 Å². The number of ether oxygens (including phenoxy) is 1. The molecule has 4 saturated carbocycles. The van der Waals surface area contributed by atoms with E-state index in [0.29, 0.717) is 23.9 Å². The Balaban J connectivity index is 1.22. The lowest BCUT2D eigenvalue weighted by atomic mass is 9.48. The van der Waals surface area contributed by atoms with E-state index in [-0.39, 0.29) is 18.5 Å². The molecule has 4 bridgehead atoms. The lowest BCUT2D eigenvalue weighted by Gasteiger charge is -2.58. The van der Waals surface area contributed by atoms with Crippen molar-refractivity contribution in [3.8, 4) is 0 Å². The minimum absolute atomic E-state index is 0.291. The van der Waals surface area contributed by atoms with Crippen LogP contribution in [0, 0.1) is 17.3 Å². The van der Waals surface area contributed by atoms with E-state index in [4.69, 9.17) is 4.74 Å². The second-order valence-electron chi connectivity index (χ2n) is 9.15. The zero-order valence-corrected chi connectivity index (χ0v) is 15.8. The number of rotatable bonds is 4. The van der Waals surface area contributed by atoms with Gasteiger partial charge in [-0.2, -0.15) is 0 Å². The molecule has 0 radical (unpaired) electrons. The molecule has 4 fully saturated rings. The summed E-state index contributed by atoms with van der Waals surface area (Å²) in [6.07, 6.45) is 4.79. The summed E-state index contributed by atoms with van der Waals surface area (Å²) in [5.41, 5.74) is -0.623. The first-order valence-corrected chi connectivity index (χ1v) is 10.1. The van der Waals surface area contributed by atoms with Crippen LogP contribution in [0.15, 0.2) is 42.5 Å². The van der Waals surface area contributed by atoms with E-state index in [1.54, 1.807) is 0 Å². The van der Waals surface area contributed by atoms with Crippen LogP contribution < -0.4 is 5.32 Å². The number of amides is 1. The molecule has 28 heavy (non-hydrogen) atoms. The summed E-state index contributed by atoms with van der Waals surface area (Å²) >= 11 is 0. The molecule has 2 atom stereocenters. The molecule has 2 aromatic rings. The largest absolute Gasteiger partial charge is 0.455 e. The van der Waals surface area contributed by atoms with E-state index in [0.717, 1.165) is 42.9 Å². The van der Waals surface area contributed by atoms with Crippen molar-refractivity contribution in [1.29, 1.82) is 0 Å². The maximum absolute atomic E-state index is 12.9. The van der Waals surface area contributed by atoms with Gasteiger partial charge in [0.2, 0.25) is 0 Å². The highest BCUT2D eigenvalue weighted by molar-refractivity contribution is 5.96. The van der Waals surface area contributed by atoms with Crippen LogP contribution in [-0.4, -0.2) is 29.2 Å². The summed E-state index contributed by atoms with van der Waals surface area (Å²) in [4.78, 5) is 25.2. The van der Waals surface area contributed by atoms with E-state index >= 15 is 0 Å². The SMILES string of the molecule is O=C(COC(=O)C12CC3CC(CC(O)(C3)C1)C2)Nc1ccc2ccccc2c1. The van der Waals surface area contributed by atoms with Gasteiger partial charge in [0, 0.05) is 5.69 Å². The predicted octanol–water partition coefficient (Wildman–Crippen LogP) is 3.65. The molecule has 6 rings (SSSR count). The number of anilines is 1. The van der Waals surface area contributed by atoms with E-state index in [1.807, 2.05) is 42.5 Å². The Morgan fingerprint density at radius 1 is 1.04 bits per heavy atom. The van der Waals surface area contributed by atoms with Crippen LogP contribution >= 0.6 is 0 Å². The van der Waals surface area contributed by atoms with Gasteiger partial charge in [0.05, 0.1) is 11.0 Å². The molecule has 0 aromatic heterocycles. The summed E-state index contributed by atoms with van der Waals surface area (Å²) in [5, 5.41) is 15.7. The number of carbonyl (C=O) groups excluding carboxylic acids is 2. The van der Waals surface area contributed by atoms with Crippen molar-refractivity contribution in [2.45, 2.75) is 44.1 Å². The molecule has 146 valence electrons. The van der Waals surface area contributed by atoms with E-state index in [2.05, 4.69) is 5.32 Å². The van der Waals surface area contributed by atoms with Crippen molar-refractivity contribution < 1.29 is 19.4 Å². The second-order valence-corrected chi connectivity index (χ2v) is 9.15. The number of hydrogen-bond donors (Lipinski definition) is 2. The van der Waals surface area contributed by atoms with Gasteiger partial charge in [0.25, 0.3) is 5.91 Å². The fourth-order valence-corrected chi connectivity index (χ4v) is 6.20. The zero-order valence-electron chi connectivity index (χ0n) is 15.8. The van der Waals surface area contributed by atoms with Gasteiger partial charge < -0.3 is 15.2 Å². The Bertz CT molecular complexity index is 939. The molecular weight excluding hydrogens is 354 g/mol. The highest BCUT2D eigenvalue weighted by Gasteiger charge is 2.60. The van der Waals surface area contributed by atoms with Crippen molar-refractivity contribution in [3.63, 3.8) is 0 Å². The Morgan fingerprint density at radius 3 is 2.46 bits per heavy atom. The number of hydrogen-bond acceptors (Lipinski definition) is 4. The standard InChI is InChI=1S/C23H25NO4/c25-20(24-19-6-5-17-3-1-2-4-18(17)8-19)13-28-21(26)22-9-15-7-16(10-22)12-23(27,11-15)14-22/h1-6,8,15-16,27H,7,9-14H2,(H,24,25). The lowest BCUT2D eigenvalue weighted by molar-refractivity contribution is -0.196. The first-order valence-electron chi connectivity index (χ1n) is 10.1. The number of esters is 1. The Kier molecular flexibility index (Phi) is 3.98. The minimum atomic E-state index is -0.712. The molecule has 2 unspecified atom stereocenters. The Morgan fingerprint density at radius 2 is 1.75 bits per heavy atom. The predicted molar refractivity (Wildman–Crippen MR) is 106 cm³/mol. The minimum Gasteiger partial charge on any atom is -0.455 e. The highest BCUT2D eigenvalue weighted by Crippen LogP contribution is 2.61. The van der Waals surface area contributed by atoms with E-state index < -0.39 is 11.0 Å². The van der Waals surface area contributed by atoms with Crippen molar-refractivity contribution in [1.82, 2.24) is 0 Å². The molecule has 0 heterocycles. The average Bonchev–Trinajstić information content (AvgIpc) is 2.64. The van der Waals surface area contributed by atoms with Crippen molar-refractivity contribution in [2.24, 2.45) is 17.3 Å². The van der Waals surface area contributed by atoms with Gasteiger partial charge in [-0.05, 0) is 73.3 Å². The van der Waals surface area contributed by atoms with Gasteiger partial charge in [-0.15, -0.1) is 0 Å². The first kappa shape index (κ1) is 17.7. The van der Waals surface area contributed by atoms with Gasteiger partial charge in [0.15, 0.2) is 6.61 Å². The van der Waals surface area contributed by atoms with Gasteiger partial charge >= 0.3 is 5.97 Å². The fourth-order valence-electron chi connectivity index (χ4n) is 6.20. The molecular formula is C23H25NO4. The second kappa shape index (κ2) is 6.31. The molecule has 0 aliphatic heterocycles.